The number of ether oxygens (including phenoxy) is 4. The number of aryl methyl sites for hydroxylation is 2. The Morgan fingerprint density at radius 2 is 0.937 bits per heavy atom. The molecule has 63 heavy (non-hydrogen) atoms. The third kappa shape index (κ3) is 10.3. The van der Waals surface area contributed by atoms with Crippen LogP contribution < -0.4 is 28.7 Å². The number of piperazine rings is 2. The molecule has 0 N–H and O–H groups in total. The summed E-state index contributed by atoms with van der Waals surface area (Å²) >= 11 is 3.17. The topological polar surface area (TPSA) is 144 Å². The number of hydrogen-bond acceptors (Lipinski definition) is 14. The molecule has 2 aliphatic heterocycles. The second-order valence-corrected chi connectivity index (χ2v) is 20.2. The Labute approximate surface area is 378 Å². The van der Waals surface area contributed by atoms with Gasteiger partial charge in [0.1, 0.15) is 32.8 Å². The van der Waals surface area contributed by atoms with Crippen LogP contribution in [0.25, 0.3) is 22.5 Å². The van der Waals surface area contributed by atoms with Gasteiger partial charge >= 0.3 is 0 Å². The first-order valence-corrected chi connectivity index (χ1v) is 25.0. The van der Waals surface area contributed by atoms with Gasteiger partial charge in [0.25, 0.3) is 0 Å². The average molecular weight is 933 g/mol. The van der Waals surface area contributed by atoms with E-state index in [1.54, 1.807) is 46.9 Å². The Kier molecular flexibility index (Phi) is 14.6. The molecule has 2 aromatic heterocycles. The Morgan fingerprint density at radius 1 is 0.540 bits per heavy atom. The fraction of sp³-hybridized carbons (Fsp3) is 0.333. The number of anilines is 2. The zero-order valence-corrected chi connectivity index (χ0v) is 39.4. The maximum Gasteiger partial charge on any atom is 0.247 e. The van der Waals surface area contributed by atoms with E-state index >= 15 is 0 Å². The zero-order chi connectivity index (χ0) is 44.7. The molecule has 4 heterocycles. The number of thiazole rings is 2. The number of rotatable bonds is 13. The second kappa shape index (κ2) is 20.1. The molecule has 2 aliphatic rings. The summed E-state index contributed by atoms with van der Waals surface area (Å²) in [5.41, 5.74) is 6.58. The molecule has 6 aromatic rings. The van der Waals surface area contributed by atoms with E-state index in [2.05, 4.69) is 77.6 Å². The predicted octanol–water partition coefficient (Wildman–Crippen LogP) is 7.55. The molecule has 2 fully saturated rings. The van der Waals surface area contributed by atoms with Gasteiger partial charge in [-0.15, -0.1) is 22.7 Å². The van der Waals surface area contributed by atoms with E-state index in [0.29, 0.717) is 75.4 Å². The van der Waals surface area contributed by atoms with E-state index in [1.165, 1.54) is 60.3 Å². The standard InChI is InChI=1S/C23H27N3O4S2.C22H25N3O4S2/c1-4-17-5-7-18(8-6-17)20-16-31-23(24-20)25-11-13-26(14-12-25)32(27,28)22-15-19(29-2)9-10-21(22)30-3;1-16-4-6-17(7-5-16)19-15-30-22(23-19)24-10-12-25(13-11-24)31(26,27)21-14-18(28-2)8-9-20(21)29-3/h5-10,15-16H,4,11-14H2,1-3H3;4-9,14-15H,10-13H2,1-3H3. The number of aromatic nitrogens is 2. The summed E-state index contributed by atoms with van der Waals surface area (Å²) in [5, 5.41) is 5.92. The maximum atomic E-state index is 13.3. The van der Waals surface area contributed by atoms with Crippen molar-refractivity contribution >= 4 is 53.0 Å². The summed E-state index contributed by atoms with van der Waals surface area (Å²) in [6, 6.07) is 26.4. The number of hydrogen-bond donors (Lipinski definition) is 0. The van der Waals surface area contributed by atoms with Crippen LogP contribution in [-0.2, 0) is 26.5 Å². The molecule has 0 unspecified atom stereocenters. The first-order chi connectivity index (χ1) is 30.4. The molecule has 334 valence electrons. The Hall–Kier alpha value is -5.24. The highest BCUT2D eigenvalue weighted by Gasteiger charge is 2.33. The molecular weight excluding hydrogens is 881 g/mol. The van der Waals surface area contributed by atoms with Gasteiger partial charge in [-0.05, 0) is 43.2 Å². The van der Waals surface area contributed by atoms with Crippen molar-refractivity contribution in [3.05, 3.63) is 107 Å². The molecule has 0 bridgehead atoms. The van der Waals surface area contributed by atoms with Crippen molar-refractivity contribution in [2.45, 2.75) is 30.1 Å². The predicted molar refractivity (Wildman–Crippen MR) is 250 cm³/mol. The second-order valence-electron chi connectivity index (χ2n) is 14.8. The highest BCUT2D eigenvalue weighted by atomic mass is 32.2. The largest absolute Gasteiger partial charge is 0.497 e. The average Bonchev–Trinajstić information content (AvgIpc) is 4.04. The first kappa shape index (κ1) is 45.8. The zero-order valence-electron chi connectivity index (χ0n) is 36.2. The van der Waals surface area contributed by atoms with Crippen molar-refractivity contribution in [3.8, 4) is 45.5 Å². The van der Waals surface area contributed by atoms with E-state index in [0.717, 1.165) is 39.2 Å². The monoisotopic (exact) mass is 932 g/mol. The summed E-state index contributed by atoms with van der Waals surface area (Å²) in [6.45, 7) is 8.01. The van der Waals surface area contributed by atoms with Gasteiger partial charge in [-0.3, -0.25) is 0 Å². The van der Waals surface area contributed by atoms with Gasteiger partial charge in [-0.2, -0.15) is 8.61 Å². The Bertz CT molecular complexity index is 2690. The Balaban J connectivity index is 0.000000189. The molecule has 0 spiro atoms. The number of nitrogens with zero attached hydrogens (tertiary/aromatic N) is 6. The summed E-state index contributed by atoms with van der Waals surface area (Å²) in [7, 11) is -1.45. The van der Waals surface area contributed by atoms with Crippen LogP contribution in [0.3, 0.4) is 0 Å². The van der Waals surface area contributed by atoms with Crippen molar-refractivity contribution in [2.24, 2.45) is 0 Å². The lowest BCUT2D eigenvalue weighted by Crippen LogP contribution is -2.48. The van der Waals surface area contributed by atoms with Gasteiger partial charge in [0, 0.05) is 86.4 Å². The normalized spacial score (nSPS) is 15.1. The minimum absolute atomic E-state index is 0.124. The van der Waals surface area contributed by atoms with Crippen LogP contribution in [0.2, 0.25) is 0 Å². The van der Waals surface area contributed by atoms with Gasteiger partial charge < -0.3 is 28.7 Å². The molecule has 0 aliphatic carbocycles. The fourth-order valence-electron chi connectivity index (χ4n) is 7.21. The highest BCUT2D eigenvalue weighted by molar-refractivity contribution is 7.89. The fourth-order valence-corrected chi connectivity index (χ4v) is 12.2. The number of benzene rings is 4. The van der Waals surface area contributed by atoms with Crippen molar-refractivity contribution in [2.75, 3.05) is 90.6 Å². The van der Waals surface area contributed by atoms with Gasteiger partial charge in [-0.1, -0.05) is 61.0 Å². The van der Waals surface area contributed by atoms with Crippen LogP contribution in [0, 0.1) is 6.92 Å². The van der Waals surface area contributed by atoms with Crippen molar-refractivity contribution in [1.82, 2.24) is 18.6 Å². The van der Waals surface area contributed by atoms with Gasteiger partial charge in [0.15, 0.2) is 10.3 Å². The number of sulfonamides is 2. The van der Waals surface area contributed by atoms with Crippen LogP contribution in [0.4, 0.5) is 10.3 Å². The van der Waals surface area contributed by atoms with Crippen LogP contribution in [0.1, 0.15) is 18.1 Å². The molecule has 0 saturated carbocycles. The minimum Gasteiger partial charge on any atom is -0.497 e. The third-order valence-electron chi connectivity index (χ3n) is 11.0. The molecule has 4 aromatic carbocycles. The van der Waals surface area contributed by atoms with Crippen LogP contribution in [0.15, 0.2) is 105 Å². The highest BCUT2D eigenvalue weighted by Crippen LogP contribution is 2.35. The molecule has 0 amide bonds. The first-order valence-electron chi connectivity index (χ1n) is 20.4. The summed E-state index contributed by atoms with van der Waals surface area (Å²) < 4.78 is 77.0. The smallest absolute Gasteiger partial charge is 0.247 e. The summed E-state index contributed by atoms with van der Waals surface area (Å²) in [5.74, 6) is 1.58. The maximum absolute atomic E-state index is 13.3. The molecule has 8 rings (SSSR count). The van der Waals surface area contributed by atoms with Crippen LogP contribution in [-0.4, -0.2) is 116 Å². The van der Waals surface area contributed by atoms with E-state index < -0.39 is 20.0 Å². The molecular formula is C45H52N6O8S4. The van der Waals surface area contributed by atoms with Crippen molar-refractivity contribution in [1.29, 1.82) is 0 Å². The summed E-state index contributed by atoms with van der Waals surface area (Å²) in [6.07, 6.45) is 1.01. The lowest BCUT2D eigenvalue weighted by molar-refractivity contribution is 0.370. The molecule has 0 radical (unpaired) electrons. The van der Waals surface area contributed by atoms with E-state index in [1.807, 2.05) is 5.38 Å². The number of methoxy groups -OCH3 is 4. The quantitative estimate of drug-likeness (QED) is 0.113. The SMILES string of the molecule is CCc1ccc(-c2csc(N3CCN(S(=O)(=O)c4cc(OC)ccc4OC)CC3)n2)cc1.COc1ccc(OC)c(S(=O)(=O)N2CCN(c3nc(-c4ccc(C)cc4)cs3)CC2)c1. The third-order valence-corrected chi connectivity index (χ3v) is 16.6. The van der Waals surface area contributed by atoms with Crippen LogP contribution >= 0.6 is 22.7 Å². The Morgan fingerprint density at radius 3 is 1.30 bits per heavy atom. The van der Waals surface area contributed by atoms with Crippen LogP contribution in [0.5, 0.6) is 23.0 Å². The lowest BCUT2D eigenvalue weighted by atomic mass is 10.1. The minimum atomic E-state index is -3.70. The van der Waals surface area contributed by atoms with E-state index in [4.69, 9.17) is 28.9 Å². The molecule has 2 saturated heterocycles. The van der Waals surface area contributed by atoms with Gasteiger partial charge in [0.05, 0.1) is 39.8 Å². The lowest BCUT2D eigenvalue weighted by Gasteiger charge is -2.34. The van der Waals surface area contributed by atoms with E-state index in [-0.39, 0.29) is 9.79 Å². The van der Waals surface area contributed by atoms with Gasteiger partial charge in [-0.25, -0.2) is 26.8 Å². The molecule has 18 heteroatoms. The van der Waals surface area contributed by atoms with Gasteiger partial charge in [0.2, 0.25) is 20.0 Å². The summed E-state index contributed by atoms with van der Waals surface area (Å²) in [4.78, 5) is 14.1. The molecule has 0 atom stereocenters. The van der Waals surface area contributed by atoms with Crippen molar-refractivity contribution in [3.63, 3.8) is 0 Å². The molecule has 14 nitrogen and oxygen atoms in total. The van der Waals surface area contributed by atoms with E-state index in [9.17, 15) is 16.8 Å². The van der Waals surface area contributed by atoms with Crippen molar-refractivity contribution < 1.29 is 35.8 Å².